The molecule has 0 bridgehead atoms. The van der Waals surface area contributed by atoms with Gasteiger partial charge in [-0.2, -0.15) is 0 Å². The molecule has 2 N–H and O–H groups in total. The molecule has 1 amide bonds. The van der Waals surface area contributed by atoms with Crippen molar-refractivity contribution in [3.8, 4) is 17.1 Å². The van der Waals surface area contributed by atoms with E-state index in [4.69, 9.17) is 21.4 Å². The van der Waals surface area contributed by atoms with Gasteiger partial charge < -0.3 is 24.7 Å². The molecular weight excluding hydrogens is 595 g/mol. The highest BCUT2D eigenvalue weighted by molar-refractivity contribution is 9.10. The molecule has 2 aromatic heterocycles. The summed E-state index contributed by atoms with van der Waals surface area (Å²) < 4.78 is 27.3. The molecule has 3 heterocycles. The van der Waals surface area contributed by atoms with Crippen molar-refractivity contribution in [3.05, 3.63) is 94.7 Å². The van der Waals surface area contributed by atoms with Crippen molar-refractivity contribution in [1.82, 2.24) is 10.3 Å². The van der Waals surface area contributed by atoms with E-state index in [1.165, 1.54) is 6.07 Å². The van der Waals surface area contributed by atoms with Crippen molar-refractivity contribution in [2.24, 2.45) is 5.41 Å². The number of aromatic nitrogens is 1. The first-order valence-electron chi connectivity index (χ1n) is 12.6. The Bertz CT molecular complexity index is 1570. The maximum absolute atomic E-state index is 14.8. The summed E-state index contributed by atoms with van der Waals surface area (Å²) in [5.74, 6) is 0.925. The van der Waals surface area contributed by atoms with Gasteiger partial charge in [-0.05, 0) is 66.8 Å². The third kappa shape index (κ3) is 5.46. The van der Waals surface area contributed by atoms with Crippen LogP contribution >= 0.6 is 28.1 Å². The van der Waals surface area contributed by atoms with Gasteiger partial charge in [-0.3, -0.25) is 9.78 Å². The van der Waals surface area contributed by atoms with E-state index in [2.05, 4.69) is 31.5 Å². The molecule has 1 saturated heterocycles. The second kappa shape index (κ2) is 11.0. The van der Waals surface area contributed by atoms with Gasteiger partial charge in [-0.1, -0.05) is 42.8 Å². The van der Waals surface area contributed by atoms with E-state index >= 15 is 0 Å². The number of amides is 1. The quantitative estimate of drug-likeness (QED) is 0.217. The highest BCUT2D eigenvalue weighted by atomic mass is 79.9. The Morgan fingerprint density at radius 1 is 1.15 bits per heavy atom. The number of hydrogen-bond acceptors (Lipinski definition) is 5. The van der Waals surface area contributed by atoms with Gasteiger partial charge in [0.05, 0.1) is 30.1 Å². The molecule has 0 radical (unpaired) electrons. The minimum Gasteiger partial charge on any atom is -0.494 e. The van der Waals surface area contributed by atoms with Crippen LogP contribution in [0.1, 0.15) is 44.3 Å². The largest absolute Gasteiger partial charge is 0.494 e. The van der Waals surface area contributed by atoms with E-state index in [0.29, 0.717) is 38.1 Å². The summed E-state index contributed by atoms with van der Waals surface area (Å²) in [5.41, 5.74) is 1.82. The van der Waals surface area contributed by atoms with Gasteiger partial charge in [-0.15, -0.1) is 0 Å². The second-order valence-corrected chi connectivity index (χ2v) is 11.7. The normalized spacial score (nSPS) is 17.1. The van der Waals surface area contributed by atoms with Gasteiger partial charge in [0, 0.05) is 27.8 Å². The van der Waals surface area contributed by atoms with Crippen LogP contribution in [0.4, 0.5) is 15.8 Å². The lowest BCUT2D eigenvalue weighted by atomic mass is 9.95. The fourth-order valence-corrected chi connectivity index (χ4v) is 5.19. The summed E-state index contributed by atoms with van der Waals surface area (Å²) in [4.78, 5) is 19.1. The topological polar surface area (TPSA) is 79.6 Å². The van der Waals surface area contributed by atoms with Crippen molar-refractivity contribution in [3.63, 3.8) is 0 Å². The summed E-state index contributed by atoms with van der Waals surface area (Å²) >= 11 is 9.11. The summed E-state index contributed by atoms with van der Waals surface area (Å²) in [5, 5.41) is 6.78. The number of ether oxygens (including phenoxy) is 1. The van der Waals surface area contributed by atoms with Crippen molar-refractivity contribution < 1.29 is 18.3 Å². The maximum Gasteiger partial charge on any atom is 0.229 e. The number of carbonyl (C=O) groups is 1. The minimum absolute atomic E-state index is 0.131. The zero-order valence-corrected chi connectivity index (χ0v) is 24.8. The Morgan fingerprint density at radius 2 is 1.95 bits per heavy atom. The number of thiocarbonyl (C=S) groups is 1. The molecule has 0 aliphatic carbocycles. The zero-order valence-electron chi connectivity index (χ0n) is 22.4. The number of carbonyl (C=O) groups excluding carboxylic acids is 1. The summed E-state index contributed by atoms with van der Waals surface area (Å²) in [7, 11) is 1.55. The predicted molar refractivity (Wildman–Crippen MR) is 161 cm³/mol. The molecule has 0 spiro atoms. The Balaban J connectivity index is 1.57. The van der Waals surface area contributed by atoms with Crippen molar-refractivity contribution in [1.29, 1.82) is 0 Å². The maximum atomic E-state index is 14.8. The number of furan rings is 1. The first kappa shape index (κ1) is 27.8. The molecule has 40 heavy (non-hydrogen) atoms. The van der Waals surface area contributed by atoms with Crippen LogP contribution in [-0.2, 0) is 4.79 Å². The smallest absolute Gasteiger partial charge is 0.229 e. The van der Waals surface area contributed by atoms with Crippen LogP contribution in [0.3, 0.4) is 0 Å². The van der Waals surface area contributed by atoms with E-state index in [0.717, 1.165) is 11.4 Å². The van der Waals surface area contributed by atoms with Crippen molar-refractivity contribution in [2.45, 2.75) is 32.9 Å². The van der Waals surface area contributed by atoms with Gasteiger partial charge in [0.1, 0.15) is 29.1 Å². The average molecular weight is 624 g/mol. The Labute approximate surface area is 245 Å². The second-order valence-electron chi connectivity index (χ2n) is 10.4. The number of benzene rings is 2. The number of anilines is 2. The van der Waals surface area contributed by atoms with E-state index in [9.17, 15) is 9.18 Å². The highest BCUT2D eigenvalue weighted by Crippen LogP contribution is 2.44. The Hall–Kier alpha value is -3.76. The fourth-order valence-electron chi connectivity index (χ4n) is 4.51. The van der Waals surface area contributed by atoms with Gasteiger partial charge >= 0.3 is 0 Å². The predicted octanol–water partition coefficient (Wildman–Crippen LogP) is 7.41. The summed E-state index contributed by atoms with van der Waals surface area (Å²) in [6.45, 7) is 5.53. The Kier molecular flexibility index (Phi) is 7.65. The molecule has 1 aliphatic rings. The number of nitrogens with one attached hydrogen (secondary N) is 2. The van der Waals surface area contributed by atoms with Gasteiger partial charge in [-0.25, -0.2) is 4.39 Å². The average Bonchev–Trinajstić information content (AvgIpc) is 3.53. The molecule has 0 saturated carbocycles. The van der Waals surface area contributed by atoms with Crippen LogP contribution in [0.15, 0.2) is 81.8 Å². The molecular formula is C30H28BrFN4O3S. The number of pyridine rings is 1. The highest BCUT2D eigenvalue weighted by Gasteiger charge is 2.43. The summed E-state index contributed by atoms with van der Waals surface area (Å²) in [6.07, 6.45) is 1.72. The lowest BCUT2D eigenvalue weighted by Crippen LogP contribution is -2.30. The molecule has 1 aliphatic heterocycles. The molecule has 1 fully saturated rings. The number of methoxy groups -OCH3 is 1. The third-order valence-electron chi connectivity index (χ3n) is 6.61. The summed E-state index contributed by atoms with van der Waals surface area (Å²) in [6, 6.07) is 18.8. The van der Waals surface area contributed by atoms with Gasteiger partial charge in [0.15, 0.2) is 5.11 Å². The van der Waals surface area contributed by atoms with Crippen LogP contribution in [0.2, 0.25) is 0 Å². The van der Waals surface area contributed by atoms with Crippen LogP contribution in [0, 0.1) is 11.2 Å². The molecule has 10 heteroatoms. The van der Waals surface area contributed by atoms with E-state index < -0.39 is 17.3 Å². The standard InChI is InChI=1S/C30H28BrFN4O3S/c1-30(2,3)28(37)34-21-11-9-18(16-25(21)38-4)36-27(26(35-29(36)40)22-7-5-6-14-33-22)24-13-12-23(39-24)19-10-8-17(31)15-20(19)32/h5-16,26-27H,1-4H3,(H,34,37)(H,35,40)/t26-,27-/m0/s1. The third-order valence-corrected chi connectivity index (χ3v) is 7.41. The fraction of sp³-hybridized carbons (Fsp3) is 0.233. The van der Waals surface area contributed by atoms with Crippen LogP contribution in [-0.4, -0.2) is 23.1 Å². The van der Waals surface area contributed by atoms with E-state index in [1.807, 2.05) is 62.1 Å². The molecule has 4 aromatic rings. The lowest BCUT2D eigenvalue weighted by molar-refractivity contribution is -0.123. The molecule has 7 nitrogen and oxygen atoms in total. The van der Waals surface area contributed by atoms with E-state index in [1.54, 1.807) is 37.6 Å². The first-order chi connectivity index (χ1) is 19.1. The number of hydrogen-bond donors (Lipinski definition) is 2. The van der Waals surface area contributed by atoms with Crippen LogP contribution in [0.25, 0.3) is 11.3 Å². The molecule has 2 atom stereocenters. The number of rotatable bonds is 6. The van der Waals surface area contributed by atoms with Crippen molar-refractivity contribution in [2.75, 3.05) is 17.3 Å². The SMILES string of the molecule is COc1cc(N2C(=S)N[C@@H](c3ccccn3)[C@@H]2c2ccc(-c3ccc(Br)cc3F)o2)ccc1NC(=O)C(C)(C)C. The molecule has 206 valence electrons. The van der Waals surface area contributed by atoms with Gasteiger partial charge in [0.2, 0.25) is 5.91 Å². The monoisotopic (exact) mass is 622 g/mol. The zero-order chi connectivity index (χ0) is 28.6. The number of halogens is 2. The van der Waals surface area contributed by atoms with Crippen LogP contribution < -0.4 is 20.3 Å². The first-order valence-corrected chi connectivity index (χ1v) is 13.8. The van der Waals surface area contributed by atoms with Gasteiger partial charge in [0.25, 0.3) is 0 Å². The lowest BCUT2D eigenvalue weighted by Gasteiger charge is -2.27. The van der Waals surface area contributed by atoms with Crippen molar-refractivity contribution >= 4 is 50.5 Å². The minimum atomic E-state index is -0.573. The Morgan fingerprint density at radius 3 is 2.62 bits per heavy atom. The molecule has 5 rings (SSSR count). The molecule has 2 aromatic carbocycles. The number of nitrogens with zero attached hydrogens (tertiary/aromatic N) is 2. The van der Waals surface area contributed by atoms with Crippen LogP contribution in [0.5, 0.6) is 5.75 Å². The van der Waals surface area contributed by atoms with E-state index in [-0.39, 0.29) is 11.9 Å². The molecule has 0 unspecified atom stereocenters.